The largest absolute Gasteiger partial charge is 0.506 e. The van der Waals surface area contributed by atoms with Crippen molar-refractivity contribution in [1.82, 2.24) is 5.32 Å². The molecule has 0 spiro atoms. The zero-order chi connectivity index (χ0) is 28.9. The number of aliphatic hydroxyl groups is 5. The topological polar surface area (TPSA) is 167 Å². The summed E-state index contributed by atoms with van der Waals surface area (Å²) in [6.45, 7) is -1.53. The number of aliphatic hydroxyl groups excluding tert-OH is 5. The number of carbonyl (C=O) groups excluding carboxylic acids is 1. The monoisotopic (exact) mass is 554 g/mol. The second-order valence-corrected chi connectivity index (χ2v) is 10.4. The van der Waals surface area contributed by atoms with Crippen LogP contribution >= 0.6 is 0 Å². The van der Waals surface area contributed by atoms with Crippen molar-refractivity contribution in [2.24, 2.45) is 4.99 Å². The van der Waals surface area contributed by atoms with Crippen molar-refractivity contribution >= 4 is 49.8 Å². The first-order valence-corrected chi connectivity index (χ1v) is 13.2. The third-order valence-corrected chi connectivity index (χ3v) is 8.03. The minimum atomic E-state index is -1.25. The normalized spacial score (nSPS) is 17.3. The van der Waals surface area contributed by atoms with Gasteiger partial charge in [-0.2, -0.15) is 0 Å². The quantitative estimate of drug-likeness (QED) is 0.147. The molecule has 1 aliphatic carbocycles. The second-order valence-electron chi connectivity index (χ2n) is 10.4. The van der Waals surface area contributed by atoms with Gasteiger partial charge in [-0.15, -0.1) is 0 Å². The first-order valence-electron chi connectivity index (χ1n) is 13.2. The van der Waals surface area contributed by atoms with E-state index in [1.807, 2.05) is 36.4 Å². The lowest BCUT2D eigenvalue weighted by Gasteiger charge is -2.32. The Hall–Kier alpha value is -4.32. The van der Waals surface area contributed by atoms with Crippen molar-refractivity contribution in [2.75, 3.05) is 44.1 Å². The zero-order valence-electron chi connectivity index (χ0n) is 22.3. The number of nitrogens with zero attached hydrogens (tertiary/aromatic N) is 1. The van der Waals surface area contributed by atoms with Crippen LogP contribution in [0.2, 0.25) is 0 Å². The molecule has 0 unspecified atom stereocenters. The number of anilines is 2. The first kappa shape index (κ1) is 26.9. The summed E-state index contributed by atoms with van der Waals surface area (Å²) >= 11 is 0. The molecule has 1 aliphatic heterocycles. The number of nitrogens with one attached hydrogen (secondary N) is 3. The second kappa shape index (κ2) is 9.95. The molecule has 6 rings (SSSR count). The minimum absolute atomic E-state index is 0.113. The molecule has 210 valence electrons. The van der Waals surface area contributed by atoms with Crippen LogP contribution in [-0.4, -0.2) is 76.1 Å². The molecule has 4 aromatic rings. The number of hydrogen-bond acceptors (Lipinski definition) is 10. The molecule has 0 amide bonds. The molecule has 41 heavy (non-hydrogen) atoms. The number of ketones is 1. The van der Waals surface area contributed by atoms with E-state index in [-0.39, 0.29) is 35.9 Å². The van der Waals surface area contributed by atoms with Gasteiger partial charge in [0.2, 0.25) is 5.78 Å². The molecule has 10 heteroatoms. The summed E-state index contributed by atoms with van der Waals surface area (Å²) < 4.78 is 0. The number of carbonyl (C=O) groups is 1. The maximum Gasteiger partial charge on any atom is 0.201 e. The van der Waals surface area contributed by atoms with Crippen LogP contribution in [-0.2, 0) is 4.79 Å². The van der Waals surface area contributed by atoms with E-state index in [0.717, 1.165) is 16.2 Å². The summed E-state index contributed by atoms with van der Waals surface area (Å²) in [6, 6.07) is 19.8. The Morgan fingerprint density at radius 3 is 2.22 bits per heavy atom. The number of benzene rings is 4. The van der Waals surface area contributed by atoms with Gasteiger partial charge >= 0.3 is 0 Å². The third-order valence-electron chi connectivity index (χ3n) is 8.03. The maximum absolute atomic E-state index is 13.7. The highest BCUT2D eigenvalue weighted by Crippen LogP contribution is 2.41. The van der Waals surface area contributed by atoms with Gasteiger partial charge in [0, 0.05) is 22.1 Å². The predicted octanol–water partition coefficient (Wildman–Crippen LogP) is 0.734. The lowest BCUT2D eigenvalue weighted by molar-refractivity contribution is -0.109. The van der Waals surface area contributed by atoms with E-state index in [1.165, 1.54) is 0 Å². The van der Waals surface area contributed by atoms with Gasteiger partial charge in [-0.1, -0.05) is 48.5 Å². The standard InChI is InChI=1S/C31H30N4O6/c1-32-30(13-36,14-37)33-22-11-9-20(17-5-2-3-6-18(17)22)26-28(40)27(29(26)41)21-10-12-24-25-19(21)7-4-8-23(25)34-31(15-38,16-39)35-24/h2-12,32-34,36-40H,13-16H2,1H3/b27-21+. The average Bonchev–Trinajstić information content (AvgIpc) is 3.02. The van der Waals surface area contributed by atoms with Gasteiger partial charge in [-0.05, 0) is 46.8 Å². The number of rotatable bonds is 8. The number of allylic oxidation sites excluding steroid dienone is 2. The number of fused-ring (bicyclic) bond motifs is 1. The van der Waals surface area contributed by atoms with E-state index in [0.29, 0.717) is 32.9 Å². The first-order chi connectivity index (χ1) is 19.8. The number of hydrogen-bond donors (Lipinski definition) is 8. The van der Waals surface area contributed by atoms with Crippen LogP contribution in [0.4, 0.5) is 11.4 Å². The summed E-state index contributed by atoms with van der Waals surface area (Å²) in [7, 11) is 1.63. The Labute approximate surface area is 234 Å². The molecule has 1 heterocycles. The molecule has 2 aliphatic rings. The van der Waals surface area contributed by atoms with E-state index in [4.69, 9.17) is 0 Å². The van der Waals surface area contributed by atoms with Crippen LogP contribution in [0.3, 0.4) is 0 Å². The van der Waals surface area contributed by atoms with Crippen molar-refractivity contribution < 1.29 is 30.3 Å². The molecule has 0 aromatic heterocycles. The van der Waals surface area contributed by atoms with Crippen LogP contribution in [0.1, 0.15) is 5.56 Å². The van der Waals surface area contributed by atoms with Crippen LogP contribution in [0, 0.1) is 0 Å². The third kappa shape index (κ3) is 3.99. The Morgan fingerprint density at radius 1 is 0.854 bits per heavy atom. The van der Waals surface area contributed by atoms with Crippen molar-refractivity contribution in [2.45, 2.75) is 11.3 Å². The van der Waals surface area contributed by atoms with E-state index < -0.39 is 24.5 Å². The van der Waals surface area contributed by atoms with E-state index >= 15 is 0 Å². The van der Waals surface area contributed by atoms with E-state index in [2.05, 4.69) is 20.9 Å². The summed E-state index contributed by atoms with van der Waals surface area (Å²) in [5, 5.41) is 64.1. The molecule has 0 fully saturated rings. The van der Waals surface area contributed by atoms with E-state index in [9.17, 15) is 30.3 Å². The van der Waals surface area contributed by atoms with Gasteiger partial charge in [-0.25, -0.2) is 0 Å². The Morgan fingerprint density at radius 2 is 1.56 bits per heavy atom. The smallest absolute Gasteiger partial charge is 0.201 e. The lowest BCUT2D eigenvalue weighted by Crippen LogP contribution is -2.56. The molecule has 4 aromatic carbocycles. The van der Waals surface area contributed by atoms with Crippen LogP contribution < -0.4 is 26.5 Å². The molecule has 0 radical (unpaired) electrons. The fraction of sp³-hybridized carbons (Fsp3) is 0.226. The minimum Gasteiger partial charge on any atom is -0.506 e. The molecule has 8 N–H and O–H groups in total. The van der Waals surface area contributed by atoms with Crippen LogP contribution in [0.5, 0.6) is 0 Å². The highest BCUT2D eigenvalue weighted by molar-refractivity contribution is 6.52. The summed E-state index contributed by atoms with van der Waals surface area (Å²) in [4.78, 5) is 18.3. The van der Waals surface area contributed by atoms with Crippen LogP contribution in [0.15, 0.2) is 77.5 Å². The molecule has 0 atom stereocenters. The molecule has 0 saturated carbocycles. The summed E-state index contributed by atoms with van der Waals surface area (Å²) in [5.41, 5.74) is -0.134. The fourth-order valence-electron chi connectivity index (χ4n) is 5.65. The van der Waals surface area contributed by atoms with Crippen LogP contribution in [0.25, 0.3) is 32.7 Å². The van der Waals surface area contributed by atoms with Crippen molar-refractivity contribution in [3.63, 3.8) is 0 Å². The molecule has 0 bridgehead atoms. The number of Topliss-reactive ketones (excluding diaryl/α,β-unsaturated/α-hetero) is 1. The van der Waals surface area contributed by atoms with Crippen molar-refractivity contribution in [3.8, 4) is 0 Å². The maximum atomic E-state index is 13.7. The lowest BCUT2D eigenvalue weighted by atomic mass is 9.80. The number of likely N-dealkylation sites (N-methyl/N-ethyl adjacent to an activating group) is 1. The highest BCUT2D eigenvalue weighted by atomic mass is 16.3. The van der Waals surface area contributed by atoms with Crippen molar-refractivity contribution in [3.05, 3.63) is 88.6 Å². The fourth-order valence-corrected chi connectivity index (χ4v) is 5.65. The Balaban J connectivity index is 1.52. The summed E-state index contributed by atoms with van der Waals surface area (Å²) in [5.74, 6) is -0.414. The Bertz CT molecular complexity index is 1870. The van der Waals surface area contributed by atoms with Gasteiger partial charge in [-0.3, -0.25) is 15.1 Å². The Kier molecular flexibility index (Phi) is 6.52. The van der Waals surface area contributed by atoms with Gasteiger partial charge in [0.1, 0.15) is 11.4 Å². The van der Waals surface area contributed by atoms with Gasteiger partial charge in [0.25, 0.3) is 0 Å². The van der Waals surface area contributed by atoms with E-state index in [1.54, 1.807) is 37.4 Å². The summed E-state index contributed by atoms with van der Waals surface area (Å²) in [6.07, 6.45) is 0. The average molecular weight is 555 g/mol. The SMILES string of the molecule is CNC(CO)(CO)Nc1ccc(C2=C(O)/C(=c3/ccc4c5c(cccc35)NC(CO)(CO)N=4)C2=O)c2ccccc12. The van der Waals surface area contributed by atoms with Gasteiger partial charge in [0.15, 0.2) is 5.66 Å². The van der Waals surface area contributed by atoms with Crippen molar-refractivity contribution in [1.29, 1.82) is 0 Å². The zero-order valence-corrected chi connectivity index (χ0v) is 22.3. The highest BCUT2D eigenvalue weighted by Gasteiger charge is 2.37. The molecular formula is C31H30N4O6. The van der Waals surface area contributed by atoms with Gasteiger partial charge in [0.05, 0.1) is 42.9 Å². The molecule has 0 saturated heterocycles. The molecule has 10 nitrogen and oxygen atoms in total. The van der Waals surface area contributed by atoms with Gasteiger partial charge < -0.3 is 36.2 Å². The molecular weight excluding hydrogens is 524 g/mol. The predicted molar refractivity (Wildman–Crippen MR) is 157 cm³/mol.